The molecule has 0 aliphatic carbocycles. The topological polar surface area (TPSA) is 26.3 Å². The number of hydrogen-bond acceptors (Lipinski definition) is 2. The molecular formula is C18H12Cl2O2. The number of carbonyl (C=O) groups excluding carboxylic acids is 1. The van der Waals surface area contributed by atoms with Crippen molar-refractivity contribution >= 4 is 39.9 Å². The molecule has 3 aromatic rings. The third kappa shape index (κ3) is 3.41. The number of hydrogen-bond donors (Lipinski definition) is 0. The van der Waals surface area contributed by atoms with E-state index in [0.29, 0.717) is 21.4 Å². The zero-order valence-electron chi connectivity index (χ0n) is 11.6. The minimum Gasteiger partial charge on any atom is -0.426 e. The van der Waals surface area contributed by atoms with Crippen LogP contribution in [0.5, 0.6) is 5.75 Å². The van der Waals surface area contributed by atoms with E-state index in [1.165, 1.54) is 0 Å². The largest absolute Gasteiger partial charge is 0.426 e. The van der Waals surface area contributed by atoms with Crippen LogP contribution in [0.25, 0.3) is 10.8 Å². The van der Waals surface area contributed by atoms with Crippen LogP contribution in [0.4, 0.5) is 0 Å². The van der Waals surface area contributed by atoms with Gasteiger partial charge in [0.1, 0.15) is 5.75 Å². The lowest BCUT2D eigenvalue weighted by Crippen LogP contribution is -2.11. The van der Waals surface area contributed by atoms with Gasteiger partial charge < -0.3 is 4.74 Å². The van der Waals surface area contributed by atoms with Crippen molar-refractivity contribution in [3.8, 4) is 5.75 Å². The fraction of sp³-hybridized carbons (Fsp3) is 0.0556. The number of carbonyl (C=O) groups is 1. The number of ether oxygens (including phenoxy) is 1. The van der Waals surface area contributed by atoms with Crippen molar-refractivity contribution in [3.63, 3.8) is 0 Å². The molecule has 0 fully saturated rings. The van der Waals surface area contributed by atoms with Crippen molar-refractivity contribution < 1.29 is 9.53 Å². The van der Waals surface area contributed by atoms with Gasteiger partial charge in [-0.25, -0.2) is 0 Å². The second-order valence-electron chi connectivity index (χ2n) is 4.90. The zero-order chi connectivity index (χ0) is 15.5. The van der Waals surface area contributed by atoms with Crippen molar-refractivity contribution in [2.45, 2.75) is 6.42 Å². The lowest BCUT2D eigenvalue weighted by Gasteiger charge is -2.07. The minimum absolute atomic E-state index is 0.100. The first kappa shape index (κ1) is 14.9. The Morgan fingerprint density at radius 3 is 2.45 bits per heavy atom. The molecule has 110 valence electrons. The molecule has 0 atom stereocenters. The minimum atomic E-state index is -0.362. The molecule has 0 heterocycles. The molecule has 22 heavy (non-hydrogen) atoms. The van der Waals surface area contributed by atoms with Gasteiger partial charge in [-0.3, -0.25) is 4.79 Å². The summed E-state index contributed by atoms with van der Waals surface area (Å²) in [6, 6.07) is 18.5. The van der Waals surface area contributed by atoms with Crippen LogP contribution in [-0.2, 0) is 11.2 Å². The first-order valence-electron chi connectivity index (χ1n) is 6.75. The monoisotopic (exact) mass is 330 g/mol. The smallest absolute Gasteiger partial charge is 0.315 e. The van der Waals surface area contributed by atoms with E-state index in [4.69, 9.17) is 27.9 Å². The van der Waals surface area contributed by atoms with Gasteiger partial charge >= 0.3 is 5.97 Å². The maximum absolute atomic E-state index is 12.0. The molecule has 0 aromatic heterocycles. The van der Waals surface area contributed by atoms with E-state index in [9.17, 15) is 4.79 Å². The molecule has 0 N–H and O–H groups in total. The van der Waals surface area contributed by atoms with E-state index < -0.39 is 0 Å². The molecular weight excluding hydrogens is 319 g/mol. The van der Waals surface area contributed by atoms with Gasteiger partial charge in [-0.05, 0) is 40.6 Å². The number of benzene rings is 3. The highest BCUT2D eigenvalue weighted by molar-refractivity contribution is 6.35. The van der Waals surface area contributed by atoms with E-state index in [1.54, 1.807) is 24.3 Å². The van der Waals surface area contributed by atoms with Crippen LogP contribution < -0.4 is 4.74 Å². The summed E-state index contributed by atoms with van der Waals surface area (Å²) in [4.78, 5) is 12.0. The van der Waals surface area contributed by atoms with Crippen LogP contribution in [0.15, 0.2) is 60.7 Å². The van der Waals surface area contributed by atoms with E-state index in [2.05, 4.69) is 0 Å². The average molecular weight is 331 g/mol. The van der Waals surface area contributed by atoms with Gasteiger partial charge in [0, 0.05) is 10.0 Å². The molecule has 0 spiro atoms. The highest BCUT2D eigenvalue weighted by Gasteiger charge is 2.10. The quantitative estimate of drug-likeness (QED) is 0.481. The molecule has 3 rings (SSSR count). The summed E-state index contributed by atoms with van der Waals surface area (Å²) in [7, 11) is 0. The Kier molecular flexibility index (Phi) is 4.32. The highest BCUT2D eigenvalue weighted by atomic mass is 35.5. The van der Waals surface area contributed by atoms with Crippen molar-refractivity contribution in [1.29, 1.82) is 0 Å². The SMILES string of the molecule is O=C(Cc1ccc(Cl)cc1Cl)Oc1ccc2ccccc2c1. The molecule has 0 saturated carbocycles. The third-order valence-corrected chi connectivity index (χ3v) is 3.89. The fourth-order valence-corrected chi connectivity index (χ4v) is 2.69. The summed E-state index contributed by atoms with van der Waals surface area (Å²) in [5.74, 6) is 0.160. The molecule has 0 amide bonds. The van der Waals surface area contributed by atoms with Crippen LogP contribution in [0, 0.1) is 0 Å². The van der Waals surface area contributed by atoms with Gasteiger partial charge in [0.05, 0.1) is 6.42 Å². The third-order valence-electron chi connectivity index (χ3n) is 3.30. The first-order chi connectivity index (χ1) is 10.6. The van der Waals surface area contributed by atoms with Gasteiger partial charge in [0.2, 0.25) is 0 Å². The van der Waals surface area contributed by atoms with Crippen LogP contribution >= 0.6 is 23.2 Å². The molecule has 0 saturated heterocycles. The standard InChI is InChI=1S/C18H12Cl2O2/c19-15-7-5-14(17(20)11-15)10-18(21)22-16-8-6-12-3-1-2-4-13(12)9-16/h1-9,11H,10H2. The summed E-state index contributed by atoms with van der Waals surface area (Å²) in [6.07, 6.45) is 0.100. The zero-order valence-corrected chi connectivity index (χ0v) is 13.1. The summed E-state index contributed by atoms with van der Waals surface area (Å²) >= 11 is 11.9. The van der Waals surface area contributed by atoms with Gasteiger partial charge in [-0.2, -0.15) is 0 Å². The highest BCUT2D eigenvalue weighted by Crippen LogP contribution is 2.23. The number of halogens is 2. The lowest BCUT2D eigenvalue weighted by molar-refractivity contribution is -0.133. The van der Waals surface area contributed by atoms with Gasteiger partial charge in [0.25, 0.3) is 0 Å². The van der Waals surface area contributed by atoms with E-state index in [0.717, 1.165) is 10.8 Å². The van der Waals surface area contributed by atoms with Gasteiger partial charge in [-0.1, -0.05) is 59.6 Å². The molecule has 2 nitrogen and oxygen atoms in total. The second-order valence-corrected chi connectivity index (χ2v) is 5.74. The van der Waals surface area contributed by atoms with Crippen molar-refractivity contribution in [1.82, 2.24) is 0 Å². The number of fused-ring (bicyclic) bond motifs is 1. The second kappa shape index (κ2) is 6.39. The predicted octanol–water partition coefficient (Wildman–Crippen LogP) is 5.29. The van der Waals surface area contributed by atoms with Gasteiger partial charge in [-0.15, -0.1) is 0 Å². The Balaban J connectivity index is 1.75. The molecule has 0 radical (unpaired) electrons. The van der Waals surface area contributed by atoms with E-state index in [-0.39, 0.29) is 12.4 Å². The van der Waals surface area contributed by atoms with Crippen molar-refractivity contribution in [2.75, 3.05) is 0 Å². The molecule has 3 aromatic carbocycles. The Bertz CT molecular complexity index is 843. The Morgan fingerprint density at radius 2 is 1.68 bits per heavy atom. The average Bonchev–Trinajstić information content (AvgIpc) is 2.50. The molecule has 0 aliphatic heterocycles. The van der Waals surface area contributed by atoms with Crippen LogP contribution in [0.3, 0.4) is 0 Å². The summed E-state index contributed by atoms with van der Waals surface area (Å²) in [6.45, 7) is 0. The lowest BCUT2D eigenvalue weighted by atomic mass is 10.1. The van der Waals surface area contributed by atoms with Gasteiger partial charge in [0.15, 0.2) is 0 Å². The van der Waals surface area contributed by atoms with Crippen molar-refractivity contribution in [3.05, 3.63) is 76.3 Å². The summed E-state index contributed by atoms with van der Waals surface area (Å²) in [5.41, 5.74) is 0.692. The summed E-state index contributed by atoms with van der Waals surface area (Å²) in [5, 5.41) is 3.12. The number of esters is 1. The van der Waals surface area contributed by atoms with E-state index in [1.807, 2.05) is 36.4 Å². The number of rotatable bonds is 3. The predicted molar refractivity (Wildman–Crippen MR) is 89.7 cm³/mol. The van der Waals surface area contributed by atoms with Crippen molar-refractivity contribution in [2.24, 2.45) is 0 Å². The normalized spacial score (nSPS) is 10.6. The summed E-state index contributed by atoms with van der Waals surface area (Å²) < 4.78 is 5.38. The maximum atomic E-state index is 12.0. The molecule has 0 aliphatic rings. The molecule has 0 bridgehead atoms. The Morgan fingerprint density at radius 1 is 0.909 bits per heavy atom. The maximum Gasteiger partial charge on any atom is 0.315 e. The molecule has 4 heteroatoms. The molecule has 0 unspecified atom stereocenters. The van der Waals surface area contributed by atoms with E-state index >= 15 is 0 Å². The van der Waals surface area contributed by atoms with Crippen LogP contribution in [-0.4, -0.2) is 5.97 Å². The Labute approximate surface area is 138 Å². The first-order valence-corrected chi connectivity index (χ1v) is 7.51. The fourth-order valence-electron chi connectivity index (χ4n) is 2.22. The van der Waals surface area contributed by atoms with Crippen LogP contribution in [0.1, 0.15) is 5.56 Å². The van der Waals surface area contributed by atoms with Crippen LogP contribution in [0.2, 0.25) is 10.0 Å². The Hall–Kier alpha value is -2.03.